The summed E-state index contributed by atoms with van der Waals surface area (Å²) in [7, 11) is 0. The highest BCUT2D eigenvalue weighted by molar-refractivity contribution is 5.64. The van der Waals surface area contributed by atoms with Gasteiger partial charge < -0.3 is 0 Å². The van der Waals surface area contributed by atoms with Gasteiger partial charge in [-0.2, -0.15) is 5.26 Å². The number of rotatable bonds is 7. The molecule has 1 aromatic carbocycles. The second-order valence-electron chi connectivity index (χ2n) is 5.04. The Kier molecular flexibility index (Phi) is 5.44. The van der Waals surface area contributed by atoms with E-state index in [1.807, 2.05) is 0 Å². The van der Waals surface area contributed by atoms with Crippen molar-refractivity contribution in [2.24, 2.45) is 0 Å². The van der Waals surface area contributed by atoms with Crippen LogP contribution in [0, 0.1) is 17.1 Å². The lowest BCUT2D eigenvalue weighted by atomic mass is 10.1. The lowest BCUT2D eigenvalue weighted by Gasteiger charge is -2.06. The van der Waals surface area contributed by atoms with Crippen molar-refractivity contribution in [2.75, 3.05) is 0 Å². The number of nitrogens with zero attached hydrogens (tertiary/aromatic N) is 4. The molecule has 1 aromatic heterocycles. The molecule has 0 saturated carbocycles. The lowest BCUT2D eigenvalue weighted by molar-refractivity contribution is 0.524. The van der Waals surface area contributed by atoms with E-state index in [0.29, 0.717) is 5.69 Å². The van der Waals surface area contributed by atoms with Crippen LogP contribution in [0.4, 0.5) is 4.39 Å². The minimum absolute atomic E-state index is 0.287. The van der Waals surface area contributed by atoms with Gasteiger partial charge in [0.1, 0.15) is 17.6 Å². The first-order chi connectivity index (χ1) is 10.3. The molecule has 0 spiro atoms. The number of nitriles is 1. The summed E-state index contributed by atoms with van der Waals surface area (Å²) in [5.74, 6) is -0.296. The van der Waals surface area contributed by atoms with Crippen molar-refractivity contribution in [1.82, 2.24) is 15.0 Å². The van der Waals surface area contributed by atoms with Crippen LogP contribution in [-0.2, 0) is 6.54 Å². The summed E-state index contributed by atoms with van der Waals surface area (Å²) in [6.07, 6.45) is 5.80. The summed E-state index contributed by atoms with van der Waals surface area (Å²) in [6, 6.07) is 8.13. The maximum atomic E-state index is 13.0. The molecule has 0 aliphatic carbocycles. The summed E-state index contributed by atoms with van der Waals surface area (Å²) in [6.45, 7) is 2.91. The van der Waals surface area contributed by atoms with Gasteiger partial charge in [0.05, 0.1) is 0 Å². The zero-order chi connectivity index (χ0) is 15.1. The molecule has 2 aromatic rings. The third-order valence-corrected chi connectivity index (χ3v) is 3.43. The maximum Gasteiger partial charge on any atom is 0.190 e. The Morgan fingerprint density at radius 3 is 2.52 bits per heavy atom. The molecule has 0 aliphatic rings. The van der Waals surface area contributed by atoms with Gasteiger partial charge in [-0.05, 0) is 30.7 Å². The molecule has 0 amide bonds. The SMILES string of the molecule is CCCCCCCn1nnc(C#N)c1-c1ccc(F)cc1. The summed E-state index contributed by atoms with van der Waals surface area (Å²) >= 11 is 0. The van der Waals surface area contributed by atoms with E-state index in [1.165, 1.54) is 31.4 Å². The van der Waals surface area contributed by atoms with Crippen molar-refractivity contribution < 1.29 is 4.39 Å². The third-order valence-electron chi connectivity index (χ3n) is 3.43. The molecule has 0 fully saturated rings. The van der Waals surface area contributed by atoms with Crippen LogP contribution in [-0.4, -0.2) is 15.0 Å². The first kappa shape index (κ1) is 15.2. The van der Waals surface area contributed by atoms with Crippen molar-refractivity contribution in [1.29, 1.82) is 5.26 Å². The predicted octanol–water partition coefficient (Wildman–Crippen LogP) is 3.93. The second-order valence-corrected chi connectivity index (χ2v) is 5.04. The van der Waals surface area contributed by atoms with E-state index in [9.17, 15) is 4.39 Å². The van der Waals surface area contributed by atoms with Gasteiger partial charge in [0.2, 0.25) is 0 Å². The highest BCUT2D eigenvalue weighted by atomic mass is 19.1. The van der Waals surface area contributed by atoms with Gasteiger partial charge in [0, 0.05) is 12.1 Å². The van der Waals surface area contributed by atoms with Gasteiger partial charge in [0.15, 0.2) is 5.69 Å². The first-order valence-electron chi connectivity index (χ1n) is 7.35. The summed E-state index contributed by atoms with van der Waals surface area (Å²) in [5.41, 5.74) is 1.73. The molecule has 1 heterocycles. The molecular formula is C16H19FN4. The lowest BCUT2D eigenvalue weighted by Crippen LogP contribution is -2.03. The van der Waals surface area contributed by atoms with Crippen LogP contribution < -0.4 is 0 Å². The summed E-state index contributed by atoms with van der Waals surface area (Å²) < 4.78 is 14.8. The number of hydrogen-bond acceptors (Lipinski definition) is 3. The Morgan fingerprint density at radius 1 is 1.14 bits per heavy atom. The van der Waals surface area contributed by atoms with Gasteiger partial charge in [0.25, 0.3) is 0 Å². The normalized spacial score (nSPS) is 10.5. The van der Waals surface area contributed by atoms with Crippen LogP contribution in [0.15, 0.2) is 24.3 Å². The monoisotopic (exact) mass is 286 g/mol. The number of unbranched alkanes of at least 4 members (excludes halogenated alkanes) is 4. The molecule has 0 atom stereocenters. The first-order valence-corrected chi connectivity index (χ1v) is 7.35. The van der Waals surface area contributed by atoms with Gasteiger partial charge in [-0.1, -0.05) is 37.8 Å². The highest BCUT2D eigenvalue weighted by Gasteiger charge is 2.14. The second kappa shape index (κ2) is 7.53. The molecule has 2 rings (SSSR count). The standard InChI is InChI=1S/C16H19FN4/c1-2-3-4-5-6-11-21-16(15(12-18)19-20-21)13-7-9-14(17)10-8-13/h7-10H,2-6,11H2,1H3. The number of halogens is 1. The van der Waals surface area contributed by atoms with E-state index in [-0.39, 0.29) is 11.5 Å². The van der Waals surface area contributed by atoms with E-state index in [4.69, 9.17) is 5.26 Å². The molecule has 0 radical (unpaired) electrons. The fourth-order valence-electron chi connectivity index (χ4n) is 2.30. The Labute approximate surface area is 124 Å². The van der Waals surface area contributed by atoms with Crippen LogP contribution in [0.5, 0.6) is 0 Å². The molecular weight excluding hydrogens is 267 g/mol. The molecule has 0 unspecified atom stereocenters. The van der Waals surface area contributed by atoms with Crippen molar-refractivity contribution >= 4 is 0 Å². The van der Waals surface area contributed by atoms with Crippen LogP contribution >= 0.6 is 0 Å². The average molecular weight is 286 g/mol. The van der Waals surface area contributed by atoms with Crippen LogP contribution in [0.3, 0.4) is 0 Å². The fraction of sp³-hybridized carbons (Fsp3) is 0.438. The zero-order valence-electron chi connectivity index (χ0n) is 12.2. The predicted molar refractivity (Wildman–Crippen MR) is 78.9 cm³/mol. The van der Waals surface area contributed by atoms with Gasteiger partial charge in [-0.3, -0.25) is 0 Å². The van der Waals surface area contributed by atoms with E-state index < -0.39 is 0 Å². The van der Waals surface area contributed by atoms with E-state index >= 15 is 0 Å². The van der Waals surface area contributed by atoms with Crippen molar-refractivity contribution in [3.05, 3.63) is 35.8 Å². The fourth-order valence-corrected chi connectivity index (χ4v) is 2.30. The minimum Gasteiger partial charge on any atom is -0.243 e. The van der Waals surface area contributed by atoms with Gasteiger partial charge >= 0.3 is 0 Å². The Balaban J connectivity index is 2.14. The van der Waals surface area contributed by atoms with Crippen molar-refractivity contribution in [3.63, 3.8) is 0 Å². The highest BCUT2D eigenvalue weighted by Crippen LogP contribution is 2.22. The van der Waals surface area contributed by atoms with E-state index in [1.54, 1.807) is 16.8 Å². The minimum atomic E-state index is -0.296. The molecule has 21 heavy (non-hydrogen) atoms. The molecule has 4 nitrogen and oxygen atoms in total. The Morgan fingerprint density at radius 2 is 1.86 bits per heavy atom. The number of aromatic nitrogens is 3. The molecule has 0 N–H and O–H groups in total. The number of benzene rings is 1. The Hall–Kier alpha value is -2.22. The summed E-state index contributed by atoms with van der Waals surface area (Å²) in [5, 5.41) is 17.1. The van der Waals surface area contributed by atoms with Crippen LogP contribution in [0.25, 0.3) is 11.3 Å². The Bertz CT molecular complexity index is 610. The van der Waals surface area contributed by atoms with E-state index in [0.717, 1.165) is 24.9 Å². The van der Waals surface area contributed by atoms with Gasteiger partial charge in [-0.15, -0.1) is 5.10 Å². The number of aryl methyl sites for hydroxylation is 1. The van der Waals surface area contributed by atoms with Gasteiger partial charge in [-0.25, -0.2) is 9.07 Å². The van der Waals surface area contributed by atoms with E-state index in [2.05, 4.69) is 23.3 Å². The third kappa shape index (κ3) is 3.88. The van der Waals surface area contributed by atoms with Crippen molar-refractivity contribution in [3.8, 4) is 17.3 Å². The molecule has 110 valence electrons. The molecule has 0 saturated heterocycles. The molecule has 0 aliphatic heterocycles. The average Bonchev–Trinajstić information content (AvgIpc) is 2.91. The van der Waals surface area contributed by atoms with Crippen LogP contribution in [0.2, 0.25) is 0 Å². The summed E-state index contributed by atoms with van der Waals surface area (Å²) in [4.78, 5) is 0. The topological polar surface area (TPSA) is 54.5 Å². The largest absolute Gasteiger partial charge is 0.243 e. The quantitative estimate of drug-likeness (QED) is 0.725. The van der Waals surface area contributed by atoms with Crippen LogP contribution in [0.1, 0.15) is 44.7 Å². The smallest absolute Gasteiger partial charge is 0.190 e. The molecule has 5 heteroatoms. The molecule has 0 bridgehead atoms. The maximum absolute atomic E-state index is 13.0. The zero-order valence-corrected chi connectivity index (χ0v) is 12.2. The number of hydrogen-bond donors (Lipinski definition) is 0. The van der Waals surface area contributed by atoms with Crippen molar-refractivity contribution in [2.45, 2.75) is 45.6 Å².